The zero-order valence-electron chi connectivity index (χ0n) is 14.1. The summed E-state index contributed by atoms with van der Waals surface area (Å²) in [5, 5.41) is 4.49. The van der Waals surface area contributed by atoms with Crippen LogP contribution in [0.5, 0.6) is 0 Å². The second-order valence-electron chi connectivity index (χ2n) is 5.89. The van der Waals surface area contributed by atoms with Crippen LogP contribution in [-0.4, -0.2) is 41.7 Å². The molecule has 1 saturated heterocycles. The number of carbonyl (C=O) groups excluding carboxylic acids is 1. The molecule has 2 heterocycles. The van der Waals surface area contributed by atoms with Crippen molar-refractivity contribution in [2.24, 2.45) is 0 Å². The normalized spacial score (nSPS) is 15.3. The van der Waals surface area contributed by atoms with E-state index in [1.807, 2.05) is 25.1 Å². The molecule has 0 spiro atoms. The minimum atomic E-state index is -0.201. The second kappa shape index (κ2) is 7.66. The molecule has 5 nitrogen and oxygen atoms in total. The number of nitrogens with one attached hydrogen (secondary N) is 1. The van der Waals surface area contributed by atoms with Gasteiger partial charge in [0.25, 0.3) is 0 Å². The first-order valence-electron chi connectivity index (χ1n) is 8.38. The number of ether oxygens (including phenoxy) is 1. The van der Waals surface area contributed by atoms with E-state index in [2.05, 4.69) is 24.4 Å². The highest BCUT2D eigenvalue weighted by Gasteiger charge is 2.24. The number of aryl methyl sites for hydroxylation is 1. The molecule has 1 aliphatic rings. The Kier molecular flexibility index (Phi) is 5.35. The molecule has 3 rings (SSSR count). The van der Waals surface area contributed by atoms with Crippen LogP contribution in [0.2, 0.25) is 0 Å². The number of carbonyl (C=O) groups is 1. The van der Waals surface area contributed by atoms with Crippen LogP contribution in [0.15, 0.2) is 30.3 Å². The minimum Gasteiger partial charge on any atom is -0.450 e. The van der Waals surface area contributed by atoms with Crippen molar-refractivity contribution in [1.82, 2.24) is 9.88 Å². The van der Waals surface area contributed by atoms with E-state index in [1.165, 1.54) is 4.88 Å². The van der Waals surface area contributed by atoms with Gasteiger partial charge in [-0.3, -0.25) is 0 Å². The van der Waals surface area contributed by atoms with Crippen LogP contribution in [0, 0.1) is 6.92 Å². The Bertz CT molecular complexity index is 679. The van der Waals surface area contributed by atoms with E-state index >= 15 is 0 Å². The lowest BCUT2D eigenvalue weighted by atomic mass is 10.1. The molecule has 1 aromatic carbocycles. The van der Waals surface area contributed by atoms with Crippen molar-refractivity contribution in [2.45, 2.75) is 32.7 Å². The Labute approximate surface area is 146 Å². The Morgan fingerprint density at radius 3 is 2.71 bits per heavy atom. The third kappa shape index (κ3) is 3.87. The summed E-state index contributed by atoms with van der Waals surface area (Å²) < 4.78 is 5.06. The number of amides is 1. The van der Waals surface area contributed by atoms with E-state index < -0.39 is 0 Å². The fourth-order valence-corrected chi connectivity index (χ4v) is 3.83. The summed E-state index contributed by atoms with van der Waals surface area (Å²) in [7, 11) is 0. The molecule has 0 saturated carbocycles. The van der Waals surface area contributed by atoms with Gasteiger partial charge in [-0.2, -0.15) is 0 Å². The summed E-state index contributed by atoms with van der Waals surface area (Å²) >= 11 is 1.69. The number of benzene rings is 1. The number of piperidine rings is 1. The molecule has 1 aliphatic heterocycles. The lowest BCUT2D eigenvalue weighted by Crippen LogP contribution is -2.42. The van der Waals surface area contributed by atoms with E-state index in [-0.39, 0.29) is 6.09 Å². The van der Waals surface area contributed by atoms with Crippen LogP contribution in [-0.2, 0) is 4.74 Å². The van der Waals surface area contributed by atoms with Crippen molar-refractivity contribution in [3.63, 3.8) is 0 Å². The predicted octanol–water partition coefficient (Wildman–Crippen LogP) is 4.15. The van der Waals surface area contributed by atoms with E-state index in [0.717, 1.165) is 42.3 Å². The number of aromatic nitrogens is 1. The van der Waals surface area contributed by atoms with Crippen molar-refractivity contribution < 1.29 is 9.53 Å². The Hall–Kier alpha value is -2.08. The molecular formula is C18H23N3O2S. The van der Waals surface area contributed by atoms with Crippen LogP contribution >= 0.6 is 11.3 Å². The lowest BCUT2D eigenvalue weighted by Gasteiger charge is -2.31. The zero-order chi connectivity index (χ0) is 16.9. The number of anilines is 1. The third-order valence-corrected chi connectivity index (χ3v) is 5.09. The third-order valence-electron chi connectivity index (χ3n) is 4.19. The molecule has 128 valence electrons. The maximum Gasteiger partial charge on any atom is 0.409 e. The first-order chi connectivity index (χ1) is 11.7. The Balaban J connectivity index is 1.59. The highest BCUT2D eigenvalue weighted by atomic mass is 32.1. The number of rotatable bonds is 4. The zero-order valence-corrected chi connectivity index (χ0v) is 14.9. The molecule has 0 bridgehead atoms. The predicted molar refractivity (Wildman–Crippen MR) is 97.5 cm³/mol. The first kappa shape index (κ1) is 16.8. The van der Waals surface area contributed by atoms with Crippen LogP contribution in [0.1, 0.15) is 24.6 Å². The molecule has 6 heteroatoms. The van der Waals surface area contributed by atoms with Crippen molar-refractivity contribution in [3.05, 3.63) is 35.2 Å². The fraction of sp³-hybridized carbons (Fsp3) is 0.444. The molecule has 24 heavy (non-hydrogen) atoms. The molecule has 0 unspecified atom stereocenters. The van der Waals surface area contributed by atoms with E-state index in [0.29, 0.717) is 12.6 Å². The molecule has 2 aromatic rings. The molecule has 1 aromatic heterocycles. The van der Waals surface area contributed by atoms with Crippen LogP contribution in [0.25, 0.3) is 11.3 Å². The summed E-state index contributed by atoms with van der Waals surface area (Å²) in [5.41, 5.74) is 2.20. The van der Waals surface area contributed by atoms with Gasteiger partial charge in [0, 0.05) is 29.6 Å². The van der Waals surface area contributed by atoms with E-state index in [1.54, 1.807) is 16.2 Å². The molecule has 0 atom stereocenters. The summed E-state index contributed by atoms with van der Waals surface area (Å²) in [6, 6.07) is 10.6. The summed E-state index contributed by atoms with van der Waals surface area (Å²) in [5.74, 6) is 0. The highest BCUT2D eigenvalue weighted by molar-refractivity contribution is 7.16. The number of thiazole rings is 1. The summed E-state index contributed by atoms with van der Waals surface area (Å²) in [6.07, 6.45) is 1.63. The van der Waals surface area contributed by atoms with Crippen molar-refractivity contribution in [2.75, 3.05) is 25.0 Å². The van der Waals surface area contributed by atoms with E-state index in [4.69, 9.17) is 9.72 Å². The maximum absolute atomic E-state index is 11.7. The van der Waals surface area contributed by atoms with Gasteiger partial charge >= 0.3 is 6.09 Å². The first-order valence-corrected chi connectivity index (χ1v) is 9.20. The van der Waals surface area contributed by atoms with Gasteiger partial charge in [0.05, 0.1) is 12.3 Å². The van der Waals surface area contributed by atoms with Gasteiger partial charge in [-0.15, -0.1) is 11.3 Å². The molecule has 1 fully saturated rings. The molecule has 1 N–H and O–H groups in total. The lowest BCUT2D eigenvalue weighted by molar-refractivity contribution is 0.0983. The van der Waals surface area contributed by atoms with Crippen LogP contribution in [0.3, 0.4) is 0 Å². The van der Waals surface area contributed by atoms with Gasteiger partial charge in [-0.25, -0.2) is 9.78 Å². The maximum atomic E-state index is 11.7. The molecule has 0 aliphatic carbocycles. The average molecular weight is 345 g/mol. The van der Waals surface area contributed by atoms with Crippen LogP contribution < -0.4 is 5.32 Å². The smallest absolute Gasteiger partial charge is 0.409 e. The molecular weight excluding hydrogens is 322 g/mol. The monoisotopic (exact) mass is 345 g/mol. The molecule has 1 amide bonds. The summed E-state index contributed by atoms with van der Waals surface area (Å²) in [4.78, 5) is 19.5. The van der Waals surface area contributed by atoms with Gasteiger partial charge in [-0.1, -0.05) is 30.3 Å². The van der Waals surface area contributed by atoms with Gasteiger partial charge in [0.15, 0.2) is 5.13 Å². The Morgan fingerprint density at radius 1 is 1.33 bits per heavy atom. The van der Waals surface area contributed by atoms with Crippen molar-refractivity contribution >= 4 is 22.6 Å². The minimum absolute atomic E-state index is 0.201. The van der Waals surface area contributed by atoms with Crippen LogP contribution in [0.4, 0.5) is 9.93 Å². The number of likely N-dealkylation sites (tertiary alicyclic amines) is 1. The number of hydrogen-bond acceptors (Lipinski definition) is 5. The number of nitrogens with zero attached hydrogens (tertiary/aromatic N) is 2. The van der Waals surface area contributed by atoms with Gasteiger partial charge in [0.2, 0.25) is 0 Å². The van der Waals surface area contributed by atoms with Gasteiger partial charge < -0.3 is 15.0 Å². The van der Waals surface area contributed by atoms with E-state index in [9.17, 15) is 4.79 Å². The average Bonchev–Trinajstić information content (AvgIpc) is 2.97. The van der Waals surface area contributed by atoms with Gasteiger partial charge in [0.1, 0.15) is 0 Å². The standard InChI is InChI=1S/C18H23N3O2S/c1-3-23-18(22)21-11-9-15(10-12-21)19-17-20-16(13(2)24-17)14-7-5-4-6-8-14/h4-8,15H,3,9-12H2,1-2H3,(H,19,20). The SMILES string of the molecule is CCOC(=O)N1CCC(Nc2nc(-c3ccccc3)c(C)s2)CC1. The Morgan fingerprint density at radius 2 is 2.04 bits per heavy atom. The second-order valence-corrected chi connectivity index (χ2v) is 7.10. The number of hydrogen-bond donors (Lipinski definition) is 1. The van der Waals surface area contributed by atoms with Gasteiger partial charge in [-0.05, 0) is 26.7 Å². The molecule has 0 radical (unpaired) electrons. The fourth-order valence-electron chi connectivity index (χ4n) is 2.92. The highest BCUT2D eigenvalue weighted by Crippen LogP contribution is 2.31. The topological polar surface area (TPSA) is 54.5 Å². The van der Waals surface area contributed by atoms with Crippen molar-refractivity contribution in [1.29, 1.82) is 0 Å². The quantitative estimate of drug-likeness (QED) is 0.904. The summed E-state index contributed by atoms with van der Waals surface area (Å²) in [6.45, 7) is 5.83. The largest absolute Gasteiger partial charge is 0.450 e. The van der Waals surface area contributed by atoms with Crippen molar-refractivity contribution in [3.8, 4) is 11.3 Å².